The molecular formula is C17H17IO3. The molecule has 21 heavy (non-hydrogen) atoms. The van der Waals surface area contributed by atoms with Gasteiger partial charge in [-0.05, 0) is 37.1 Å². The lowest BCUT2D eigenvalue weighted by atomic mass is 10.0. The average Bonchev–Trinajstić information content (AvgIpc) is 2.49. The van der Waals surface area contributed by atoms with E-state index in [4.69, 9.17) is 4.74 Å². The lowest BCUT2D eigenvalue weighted by molar-refractivity contribution is -0.136. The molecule has 0 aromatic heterocycles. The lowest BCUT2D eigenvalue weighted by Gasteiger charge is -2.19. The van der Waals surface area contributed by atoms with Crippen molar-refractivity contribution < 1.29 is 14.6 Å². The number of rotatable bonds is 4. The highest BCUT2D eigenvalue weighted by atomic mass is 127. The highest BCUT2D eigenvalue weighted by Gasteiger charge is 2.30. The summed E-state index contributed by atoms with van der Waals surface area (Å²) in [5.41, 5.74) is 1.59. The van der Waals surface area contributed by atoms with Gasteiger partial charge < -0.3 is 9.84 Å². The molecule has 0 fully saturated rings. The lowest BCUT2D eigenvalue weighted by Crippen LogP contribution is -2.31. The average molecular weight is 396 g/mol. The molecule has 2 aromatic carbocycles. The number of hydrogen-bond donors (Lipinski definition) is 1. The SMILES string of the molecule is CCC(C)(I)C(=O)Oc1ccc(O)cc1-c1ccccc1. The fraction of sp³-hybridized carbons (Fsp3) is 0.235. The Kier molecular flexibility index (Phi) is 4.88. The van der Waals surface area contributed by atoms with Gasteiger partial charge in [-0.15, -0.1) is 0 Å². The fourth-order valence-electron chi connectivity index (χ4n) is 1.80. The van der Waals surface area contributed by atoms with Crippen molar-refractivity contribution in [1.82, 2.24) is 0 Å². The minimum Gasteiger partial charge on any atom is -0.508 e. The standard InChI is InChI=1S/C17H17IO3/c1-3-17(2,18)16(20)21-15-10-9-13(19)11-14(15)12-7-5-4-6-8-12/h4-11,19H,3H2,1-2H3. The van der Waals surface area contributed by atoms with Crippen LogP contribution in [-0.4, -0.2) is 14.5 Å². The summed E-state index contributed by atoms with van der Waals surface area (Å²) in [5.74, 6) is 0.315. The molecule has 0 aliphatic carbocycles. The van der Waals surface area contributed by atoms with Gasteiger partial charge in [0, 0.05) is 5.56 Å². The number of carbonyl (C=O) groups excluding carboxylic acids is 1. The largest absolute Gasteiger partial charge is 0.508 e. The van der Waals surface area contributed by atoms with Gasteiger partial charge in [0.2, 0.25) is 0 Å². The summed E-state index contributed by atoms with van der Waals surface area (Å²) in [6.07, 6.45) is 0.686. The highest BCUT2D eigenvalue weighted by molar-refractivity contribution is 14.1. The zero-order chi connectivity index (χ0) is 15.5. The number of aromatic hydroxyl groups is 1. The van der Waals surface area contributed by atoms with Crippen LogP contribution in [0.1, 0.15) is 20.3 Å². The first-order chi connectivity index (χ1) is 9.94. The van der Waals surface area contributed by atoms with Crippen LogP contribution in [0, 0.1) is 0 Å². The first-order valence-corrected chi connectivity index (χ1v) is 7.81. The summed E-state index contributed by atoms with van der Waals surface area (Å²) in [6.45, 7) is 3.79. The number of alkyl halides is 1. The third kappa shape index (κ3) is 3.75. The number of phenolic OH excluding ortho intramolecular Hbond substituents is 1. The molecule has 1 N–H and O–H groups in total. The highest BCUT2D eigenvalue weighted by Crippen LogP contribution is 2.35. The van der Waals surface area contributed by atoms with Crippen molar-refractivity contribution in [3.05, 3.63) is 48.5 Å². The molecule has 0 radical (unpaired) electrons. The number of esters is 1. The van der Waals surface area contributed by atoms with Gasteiger partial charge in [-0.2, -0.15) is 0 Å². The summed E-state index contributed by atoms with van der Waals surface area (Å²) >= 11 is 2.10. The van der Waals surface area contributed by atoms with Crippen LogP contribution in [0.3, 0.4) is 0 Å². The smallest absolute Gasteiger partial charge is 0.327 e. The number of halogens is 1. The maximum absolute atomic E-state index is 12.2. The van der Waals surface area contributed by atoms with E-state index in [2.05, 4.69) is 22.6 Å². The van der Waals surface area contributed by atoms with Crippen LogP contribution in [0.15, 0.2) is 48.5 Å². The van der Waals surface area contributed by atoms with Crippen molar-refractivity contribution >= 4 is 28.6 Å². The fourth-order valence-corrected chi connectivity index (χ4v) is 1.91. The maximum Gasteiger partial charge on any atom is 0.327 e. The van der Waals surface area contributed by atoms with Gasteiger partial charge in [-0.3, -0.25) is 4.79 Å². The molecule has 0 aliphatic heterocycles. The molecule has 0 saturated heterocycles. The van der Waals surface area contributed by atoms with Crippen LogP contribution in [0.2, 0.25) is 0 Å². The topological polar surface area (TPSA) is 46.5 Å². The molecule has 1 atom stereocenters. The van der Waals surface area contributed by atoms with E-state index in [1.54, 1.807) is 12.1 Å². The second-order valence-corrected chi connectivity index (χ2v) is 7.37. The van der Waals surface area contributed by atoms with Gasteiger partial charge in [0.25, 0.3) is 0 Å². The van der Waals surface area contributed by atoms with Crippen molar-refractivity contribution in [3.8, 4) is 22.6 Å². The van der Waals surface area contributed by atoms with E-state index < -0.39 is 3.42 Å². The van der Waals surface area contributed by atoms with E-state index in [1.165, 1.54) is 6.07 Å². The van der Waals surface area contributed by atoms with Crippen molar-refractivity contribution in [2.45, 2.75) is 23.7 Å². The second kappa shape index (κ2) is 6.47. The van der Waals surface area contributed by atoms with Crippen LogP contribution >= 0.6 is 22.6 Å². The van der Waals surface area contributed by atoms with E-state index in [9.17, 15) is 9.90 Å². The molecule has 0 bridgehead atoms. The van der Waals surface area contributed by atoms with Crippen LogP contribution in [0.5, 0.6) is 11.5 Å². The first-order valence-electron chi connectivity index (χ1n) is 6.73. The molecule has 0 saturated carbocycles. The van der Waals surface area contributed by atoms with Crippen molar-refractivity contribution in [2.24, 2.45) is 0 Å². The Bertz CT molecular complexity index is 636. The number of benzene rings is 2. The molecule has 110 valence electrons. The van der Waals surface area contributed by atoms with Gasteiger partial charge in [-0.25, -0.2) is 0 Å². The molecule has 0 amide bonds. The maximum atomic E-state index is 12.2. The Balaban J connectivity index is 2.39. The van der Waals surface area contributed by atoms with Crippen molar-refractivity contribution in [2.75, 3.05) is 0 Å². The van der Waals surface area contributed by atoms with Crippen molar-refractivity contribution in [1.29, 1.82) is 0 Å². The molecule has 1 unspecified atom stereocenters. The van der Waals surface area contributed by atoms with Crippen LogP contribution in [0.4, 0.5) is 0 Å². The van der Waals surface area contributed by atoms with Gasteiger partial charge in [-0.1, -0.05) is 59.8 Å². The van der Waals surface area contributed by atoms with Crippen molar-refractivity contribution in [3.63, 3.8) is 0 Å². The minimum atomic E-state index is -0.566. The Morgan fingerprint density at radius 1 is 1.24 bits per heavy atom. The van der Waals surface area contributed by atoms with E-state index in [-0.39, 0.29) is 11.7 Å². The molecule has 4 heteroatoms. The first kappa shape index (κ1) is 15.8. The number of hydrogen-bond acceptors (Lipinski definition) is 3. The molecule has 0 spiro atoms. The van der Waals surface area contributed by atoms with Gasteiger partial charge in [0.15, 0.2) is 0 Å². The molecule has 2 aromatic rings. The molecular weight excluding hydrogens is 379 g/mol. The zero-order valence-corrected chi connectivity index (χ0v) is 14.1. The summed E-state index contributed by atoms with van der Waals surface area (Å²) in [5, 5.41) is 9.70. The summed E-state index contributed by atoms with van der Waals surface area (Å²) < 4.78 is 4.99. The Labute approximate surface area is 138 Å². The van der Waals surface area contributed by atoms with E-state index in [1.807, 2.05) is 44.2 Å². The molecule has 2 rings (SSSR count). The summed E-state index contributed by atoms with van der Waals surface area (Å²) in [4.78, 5) is 12.2. The van der Waals surface area contributed by atoms with Gasteiger partial charge >= 0.3 is 5.97 Å². The van der Waals surface area contributed by atoms with Crippen LogP contribution < -0.4 is 4.74 Å². The third-order valence-corrected chi connectivity index (χ3v) is 4.54. The Morgan fingerprint density at radius 3 is 2.52 bits per heavy atom. The Morgan fingerprint density at radius 2 is 1.90 bits per heavy atom. The summed E-state index contributed by atoms with van der Waals surface area (Å²) in [6, 6.07) is 14.3. The van der Waals surface area contributed by atoms with Crippen LogP contribution in [0.25, 0.3) is 11.1 Å². The van der Waals surface area contributed by atoms with Crippen LogP contribution in [-0.2, 0) is 4.79 Å². The molecule has 3 nitrogen and oxygen atoms in total. The molecule has 0 heterocycles. The van der Waals surface area contributed by atoms with E-state index in [0.29, 0.717) is 17.7 Å². The summed E-state index contributed by atoms with van der Waals surface area (Å²) in [7, 11) is 0. The number of carbonyl (C=O) groups is 1. The molecule has 0 aliphatic rings. The van der Waals surface area contributed by atoms with E-state index in [0.717, 1.165) is 5.56 Å². The zero-order valence-electron chi connectivity index (χ0n) is 12.0. The van der Waals surface area contributed by atoms with E-state index >= 15 is 0 Å². The number of ether oxygens (including phenoxy) is 1. The Hall–Kier alpha value is -1.56. The minimum absolute atomic E-state index is 0.140. The van der Waals surface area contributed by atoms with Gasteiger partial charge in [0.1, 0.15) is 14.9 Å². The predicted octanol–water partition coefficient (Wildman–Crippen LogP) is 4.57. The third-order valence-electron chi connectivity index (χ3n) is 3.34. The monoisotopic (exact) mass is 396 g/mol. The van der Waals surface area contributed by atoms with Gasteiger partial charge in [0.05, 0.1) is 0 Å². The normalized spacial score (nSPS) is 13.5. The predicted molar refractivity (Wildman–Crippen MR) is 91.9 cm³/mol. The quantitative estimate of drug-likeness (QED) is 0.357. The number of phenols is 1. The second-order valence-electron chi connectivity index (χ2n) is 4.99.